The number of nitrogens with one attached hydrogen (secondary N) is 1. The van der Waals surface area contributed by atoms with E-state index in [1.165, 1.54) is 0 Å². The van der Waals surface area contributed by atoms with Crippen molar-refractivity contribution in [1.82, 2.24) is 14.9 Å². The maximum Gasteiger partial charge on any atom is 0.268 e. The molecule has 0 saturated carbocycles. The van der Waals surface area contributed by atoms with Gasteiger partial charge in [0.1, 0.15) is 5.69 Å². The highest BCUT2D eigenvalue weighted by Crippen LogP contribution is 2.31. The van der Waals surface area contributed by atoms with E-state index < -0.39 is 0 Å². The number of amides is 2. The third kappa shape index (κ3) is 4.60. The molecule has 1 aliphatic heterocycles. The minimum atomic E-state index is -0.161. The zero-order valence-electron chi connectivity index (χ0n) is 20.7. The SMILES string of the molecule is O=C(NCc1cccnc1)c1ccc2n1Cc1ccccc1N(C(=O)c1ccc(-c3[c]cccc3)cc1)C2. The van der Waals surface area contributed by atoms with Gasteiger partial charge >= 0.3 is 0 Å². The van der Waals surface area contributed by atoms with E-state index in [9.17, 15) is 9.59 Å². The van der Waals surface area contributed by atoms with Crippen LogP contribution in [-0.2, 0) is 19.6 Å². The number of benzene rings is 3. The number of para-hydroxylation sites is 1. The number of fused-ring (bicyclic) bond motifs is 2. The van der Waals surface area contributed by atoms with Crippen LogP contribution in [0.2, 0.25) is 0 Å². The second kappa shape index (κ2) is 10.2. The molecular formula is C32H25N4O2. The maximum absolute atomic E-state index is 13.8. The van der Waals surface area contributed by atoms with Crippen molar-refractivity contribution in [2.24, 2.45) is 0 Å². The third-order valence-corrected chi connectivity index (χ3v) is 6.81. The number of carbonyl (C=O) groups excluding carboxylic acids is 2. The fraction of sp³-hybridized carbons (Fsp3) is 0.0938. The molecule has 0 atom stereocenters. The van der Waals surface area contributed by atoms with E-state index in [0.29, 0.717) is 30.9 Å². The second-order valence-electron chi connectivity index (χ2n) is 9.21. The van der Waals surface area contributed by atoms with Crippen LogP contribution >= 0.6 is 0 Å². The van der Waals surface area contributed by atoms with Crippen LogP contribution in [0.4, 0.5) is 5.69 Å². The molecule has 0 aliphatic carbocycles. The highest BCUT2D eigenvalue weighted by atomic mass is 16.2. The van der Waals surface area contributed by atoms with Gasteiger partial charge in [-0.05, 0) is 64.7 Å². The first-order valence-corrected chi connectivity index (χ1v) is 12.5. The van der Waals surface area contributed by atoms with Gasteiger partial charge < -0.3 is 14.8 Å². The molecule has 0 spiro atoms. The number of pyridine rings is 1. The molecule has 6 rings (SSSR count). The molecule has 2 aromatic heterocycles. The van der Waals surface area contributed by atoms with Crippen molar-refractivity contribution in [2.45, 2.75) is 19.6 Å². The van der Waals surface area contributed by atoms with E-state index in [1.54, 1.807) is 17.3 Å². The molecule has 0 bridgehead atoms. The average molecular weight is 498 g/mol. The van der Waals surface area contributed by atoms with Gasteiger partial charge in [0.15, 0.2) is 0 Å². The average Bonchev–Trinajstić information content (AvgIpc) is 3.29. The molecule has 2 amide bonds. The Morgan fingerprint density at radius 2 is 1.71 bits per heavy atom. The summed E-state index contributed by atoms with van der Waals surface area (Å²) in [6, 6.07) is 34.1. The maximum atomic E-state index is 13.8. The number of aromatic nitrogens is 2. The molecule has 38 heavy (non-hydrogen) atoms. The quantitative estimate of drug-likeness (QED) is 0.349. The van der Waals surface area contributed by atoms with Crippen molar-refractivity contribution < 1.29 is 9.59 Å². The normalized spacial score (nSPS) is 12.3. The predicted octanol–water partition coefficient (Wildman–Crippen LogP) is 5.49. The molecule has 6 nitrogen and oxygen atoms in total. The van der Waals surface area contributed by atoms with Crippen LogP contribution in [-0.4, -0.2) is 21.4 Å². The van der Waals surface area contributed by atoms with E-state index in [0.717, 1.165) is 33.6 Å². The Morgan fingerprint density at radius 3 is 2.50 bits per heavy atom. The summed E-state index contributed by atoms with van der Waals surface area (Å²) in [5, 5.41) is 2.99. The van der Waals surface area contributed by atoms with Gasteiger partial charge in [-0.25, -0.2) is 0 Å². The fourth-order valence-corrected chi connectivity index (χ4v) is 4.84. The van der Waals surface area contributed by atoms with Crippen LogP contribution in [0.25, 0.3) is 11.1 Å². The largest absolute Gasteiger partial charge is 0.347 e. The van der Waals surface area contributed by atoms with Crippen molar-refractivity contribution in [3.8, 4) is 11.1 Å². The van der Waals surface area contributed by atoms with Crippen LogP contribution in [0.15, 0.2) is 109 Å². The summed E-state index contributed by atoms with van der Waals surface area (Å²) in [5.74, 6) is -0.246. The fourth-order valence-electron chi connectivity index (χ4n) is 4.84. The Labute approximate surface area is 221 Å². The van der Waals surface area contributed by atoms with Gasteiger partial charge in [0.2, 0.25) is 0 Å². The number of hydrogen-bond donors (Lipinski definition) is 1. The lowest BCUT2D eigenvalue weighted by atomic mass is 10.0. The molecule has 3 aromatic carbocycles. The lowest BCUT2D eigenvalue weighted by molar-refractivity contribution is 0.0941. The Morgan fingerprint density at radius 1 is 0.868 bits per heavy atom. The van der Waals surface area contributed by atoms with Gasteiger partial charge in [-0.3, -0.25) is 14.6 Å². The number of carbonyl (C=O) groups is 2. The standard InChI is InChI=1S/C32H25N4O2/c37-31(34-20-23-7-6-18-33-19-23)30-17-16-28-22-36(29-11-5-4-10-27(29)21-35(28)30)32(38)26-14-12-25(13-15-26)24-8-2-1-3-9-24/h1-8,10-19H,20-22H2,(H,34,37). The Kier molecular flexibility index (Phi) is 6.28. The molecule has 6 heteroatoms. The van der Waals surface area contributed by atoms with E-state index in [4.69, 9.17) is 0 Å². The Bertz CT molecular complexity index is 1590. The van der Waals surface area contributed by atoms with Crippen molar-refractivity contribution in [3.63, 3.8) is 0 Å². The number of rotatable bonds is 5. The number of nitrogens with zero attached hydrogens (tertiary/aromatic N) is 3. The summed E-state index contributed by atoms with van der Waals surface area (Å²) < 4.78 is 2.00. The predicted molar refractivity (Wildman–Crippen MR) is 147 cm³/mol. The molecule has 0 unspecified atom stereocenters. The van der Waals surface area contributed by atoms with E-state index in [-0.39, 0.29) is 11.8 Å². The first-order chi connectivity index (χ1) is 18.7. The number of anilines is 1. The highest BCUT2D eigenvalue weighted by molar-refractivity contribution is 6.06. The smallest absolute Gasteiger partial charge is 0.268 e. The second-order valence-corrected chi connectivity index (χ2v) is 9.21. The summed E-state index contributed by atoms with van der Waals surface area (Å²) in [6.07, 6.45) is 3.45. The Hall–Kier alpha value is -4.97. The van der Waals surface area contributed by atoms with Gasteiger partial charge in [0, 0.05) is 35.9 Å². The van der Waals surface area contributed by atoms with Crippen LogP contribution in [0.3, 0.4) is 0 Å². The first-order valence-electron chi connectivity index (χ1n) is 12.5. The molecule has 3 heterocycles. The van der Waals surface area contributed by atoms with Gasteiger partial charge in [-0.15, -0.1) is 0 Å². The summed E-state index contributed by atoms with van der Waals surface area (Å²) in [6.45, 7) is 1.26. The molecule has 0 saturated heterocycles. The van der Waals surface area contributed by atoms with Crippen LogP contribution in [0.5, 0.6) is 0 Å². The summed E-state index contributed by atoms with van der Waals surface area (Å²) in [7, 11) is 0. The zero-order chi connectivity index (χ0) is 25.9. The molecule has 1 radical (unpaired) electrons. The van der Waals surface area contributed by atoms with E-state index >= 15 is 0 Å². The van der Waals surface area contributed by atoms with Crippen LogP contribution in [0.1, 0.15) is 37.7 Å². The van der Waals surface area contributed by atoms with E-state index in [2.05, 4.69) is 16.4 Å². The molecular weight excluding hydrogens is 472 g/mol. The monoisotopic (exact) mass is 497 g/mol. The minimum absolute atomic E-state index is 0.0849. The van der Waals surface area contributed by atoms with Crippen molar-refractivity contribution in [2.75, 3.05) is 4.90 Å². The van der Waals surface area contributed by atoms with Crippen LogP contribution in [0, 0.1) is 6.07 Å². The minimum Gasteiger partial charge on any atom is -0.347 e. The topological polar surface area (TPSA) is 67.2 Å². The molecule has 185 valence electrons. The highest BCUT2D eigenvalue weighted by Gasteiger charge is 2.27. The van der Waals surface area contributed by atoms with E-state index in [1.807, 2.05) is 102 Å². The van der Waals surface area contributed by atoms with Gasteiger partial charge in [-0.2, -0.15) is 0 Å². The first kappa shape index (κ1) is 23.4. The zero-order valence-corrected chi connectivity index (χ0v) is 20.7. The summed E-state index contributed by atoms with van der Waals surface area (Å²) in [4.78, 5) is 32.8. The van der Waals surface area contributed by atoms with Crippen molar-refractivity contribution in [3.05, 3.63) is 144 Å². The van der Waals surface area contributed by atoms with Crippen molar-refractivity contribution in [1.29, 1.82) is 0 Å². The molecule has 1 N–H and O–H groups in total. The molecule has 1 aliphatic rings. The van der Waals surface area contributed by atoms with Gasteiger partial charge in [0.25, 0.3) is 11.8 Å². The Balaban J connectivity index is 1.28. The summed E-state index contributed by atoms with van der Waals surface area (Å²) >= 11 is 0. The van der Waals surface area contributed by atoms with Gasteiger partial charge in [0.05, 0.1) is 13.1 Å². The third-order valence-electron chi connectivity index (χ3n) is 6.81. The van der Waals surface area contributed by atoms with Gasteiger partial charge in [-0.1, -0.05) is 60.7 Å². The number of hydrogen-bond acceptors (Lipinski definition) is 3. The lowest BCUT2D eigenvalue weighted by Crippen LogP contribution is -2.30. The summed E-state index contributed by atoms with van der Waals surface area (Å²) in [5.41, 5.74) is 6.83. The van der Waals surface area contributed by atoms with Crippen LogP contribution < -0.4 is 10.2 Å². The lowest BCUT2D eigenvalue weighted by Gasteiger charge is -2.23. The molecule has 5 aromatic rings. The molecule has 0 fully saturated rings. The van der Waals surface area contributed by atoms with Crippen molar-refractivity contribution >= 4 is 17.5 Å².